The molecule has 2 aromatic heterocycles. The lowest BCUT2D eigenvalue weighted by molar-refractivity contribution is 0.414. The first-order valence-electron chi connectivity index (χ1n) is 11.9. The Labute approximate surface area is 207 Å². The summed E-state index contributed by atoms with van der Waals surface area (Å²) in [6.07, 6.45) is 1.68. The number of aryl methyl sites for hydroxylation is 1. The summed E-state index contributed by atoms with van der Waals surface area (Å²) in [5, 5.41) is 6.94. The van der Waals surface area contributed by atoms with Crippen molar-refractivity contribution in [1.29, 1.82) is 0 Å². The summed E-state index contributed by atoms with van der Waals surface area (Å²) in [6.45, 7) is 2.07. The molecule has 1 unspecified atom stereocenters. The van der Waals surface area contributed by atoms with E-state index in [1.54, 1.807) is 18.0 Å². The average molecular weight is 471 g/mol. The van der Waals surface area contributed by atoms with Gasteiger partial charge in [-0.2, -0.15) is 0 Å². The van der Waals surface area contributed by atoms with E-state index < -0.39 is 0 Å². The standard InChI is InChI=1S/C30H22N4O2/c1-18-6-5-8-21(16-18)28-32-29-26-25(20-10-13-22(35-2)14-11-20)24-15-12-19-7-3-4-9-23(19)27(24)36-30(26)31-17-34(29)33-28/h3-17,25H,1-2H3. The van der Waals surface area contributed by atoms with Gasteiger partial charge in [0, 0.05) is 22.4 Å². The first-order valence-corrected chi connectivity index (χ1v) is 11.9. The van der Waals surface area contributed by atoms with Gasteiger partial charge in [0.1, 0.15) is 17.8 Å². The first-order chi connectivity index (χ1) is 17.7. The van der Waals surface area contributed by atoms with Gasteiger partial charge in [0.05, 0.1) is 12.7 Å². The SMILES string of the molecule is COc1ccc(C2c3ccc4ccccc4c3Oc3ncn4nc(-c5cccc(C)c5)nc4c32)cc1. The zero-order valence-corrected chi connectivity index (χ0v) is 19.8. The van der Waals surface area contributed by atoms with E-state index >= 15 is 0 Å². The van der Waals surface area contributed by atoms with Crippen molar-refractivity contribution >= 4 is 16.4 Å². The van der Waals surface area contributed by atoms with Crippen LogP contribution in [-0.2, 0) is 0 Å². The topological polar surface area (TPSA) is 61.5 Å². The molecular weight excluding hydrogens is 448 g/mol. The molecule has 6 nitrogen and oxygen atoms in total. The van der Waals surface area contributed by atoms with Gasteiger partial charge >= 0.3 is 0 Å². The van der Waals surface area contributed by atoms with E-state index in [9.17, 15) is 0 Å². The lowest BCUT2D eigenvalue weighted by Gasteiger charge is -2.28. The van der Waals surface area contributed by atoms with Crippen molar-refractivity contribution in [2.75, 3.05) is 7.11 Å². The van der Waals surface area contributed by atoms with Crippen molar-refractivity contribution < 1.29 is 9.47 Å². The largest absolute Gasteiger partial charge is 0.497 e. The van der Waals surface area contributed by atoms with Crippen molar-refractivity contribution in [3.05, 3.63) is 114 Å². The van der Waals surface area contributed by atoms with Crippen LogP contribution in [0, 0.1) is 6.92 Å². The van der Waals surface area contributed by atoms with E-state index in [2.05, 4.69) is 55.5 Å². The molecule has 0 saturated carbocycles. The fraction of sp³-hybridized carbons (Fsp3) is 0.100. The summed E-state index contributed by atoms with van der Waals surface area (Å²) in [7, 11) is 1.68. The third kappa shape index (κ3) is 3.15. The summed E-state index contributed by atoms with van der Waals surface area (Å²) >= 11 is 0. The quantitative estimate of drug-likeness (QED) is 0.293. The molecule has 36 heavy (non-hydrogen) atoms. The van der Waals surface area contributed by atoms with E-state index in [0.717, 1.165) is 55.7 Å². The Bertz CT molecular complexity index is 1770. The molecule has 1 aliphatic rings. The molecular formula is C30H22N4O2. The Morgan fingerprint density at radius 2 is 1.78 bits per heavy atom. The maximum Gasteiger partial charge on any atom is 0.228 e. The number of aromatic nitrogens is 4. The third-order valence-electron chi connectivity index (χ3n) is 6.82. The molecule has 0 fully saturated rings. The van der Waals surface area contributed by atoms with Crippen LogP contribution in [0.25, 0.3) is 27.8 Å². The fourth-order valence-corrected chi connectivity index (χ4v) is 5.10. The van der Waals surface area contributed by atoms with Crippen LogP contribution < -0.4 is 9.47 Å². The molecule has 0 spiro atoms. The third-order valence-corrected chi connectivity index (χ3v) is 6.82. The Morgan fingerprint density at radius 1 is 0.917 bits per heavy atom. The smallest absolute Gasteiger partial charge is 0.228 e. The highest BCUT2D eigenvalue weighted by Gasteiger charge is 2.34. The van der Waals surface area contributed by atoms with E-state index in [1.165, 1.54) is 0 Å². The Kier molecular flexibility index (Phi) is 4.54. The predicted octanol–water partition coefficient (Wildman–Crippen LogP) is 6.55. The molecule has 1 atom stereocenters. The molecule has 0 aliphatic carbocycles. The highest BCUT2D eigenvalue weighted by atomic mass is 16.5. The van der Waals surface area contributed by atoms with Crippen LogP contribution in [0.3, 0.4) is 0 Å². The van der Waals surface area contributed by atoms with Crippen LogP contribution >= 0.6 is 0 Å². The van der Waals surface area contributed by atoms with Gasteiger partial charge < -0.3 is 9.47 Å². The van der Waals surface area contributed by atoms with Gasteiger partial charge in [0.25, 0.3) is 0 Å². The Balaban J connectivity index is 1.50. The first kappa shape index (κ1) is 20.6. The second-order valence-electron chi connectivity index (χ2n) is 9.05. The molecule has 0 N–H and O–H groups in total. The van der Waals surface area contributed by atoms with Crippen molar-refractivity contribution in [3.63, 3.8) is 0 Å². The molecule has 7 rings (SSSR count). The van der Waals surface area contributed by atoms with Crippen LogP contribution in [0.5, 0.6) is 17.4 Å². The van der Waals surface area contributed by atoms with Gasteiger partial charge in [0.15, 0.2) is 11.5 Å². The molecule has 6 heteroatoms. The minimum absolute atomic E-state index is 0.134. The molecule has 0 saturated heterocycles. The van der Waals surface area contributed by atoms with Gasteiger partial charge in [-0.3, -0.25) is 0 Å². The van der Waals surface area contributed by atoms with Gasteiger partial charge in [-0.15, -0.1) is 5.10 Å². The predicted molar refractivity (Wildman–Crippen MR) is 139 cm³/mol. The van der Waals surface area contributed by atoms with Crippen molar-refractivity contribution in [2.45, 2.75) is 12.8 Å². The molecule has 3 heterocycles. The minimum atomic E-state index is -0.134. The normalized spacial score (nSPS) is 14.3. The van der Waals surface area contributed by atoms with Gasteiger partial charge in [-0.1, -0.05) is 72.3 Å². The molecule has 0 radical (unpaired) electrons. The summed E-state index contributed by atoms with van der Waals surface area (Å²) in [6, 6.07) is 28.9. The highest BCUT2D eigenvalue weighted by Crippen LogP contribution is 2.50. The van der Waals surface area contributed by atoms with Crippen molar-refractivity contribution in [1.82, 2.24) is 19.6 Å². The van der Waals surface area contributed by atoms with Crippen LogP contribution in [0.15, 0.2) is 91.3 Å². The summed E-state index contributed by atoms with van der Waals surface area (Å²) < 4.78 is 13.7. The van der Waals surface area contributed by atoms with Crippen molar-refractivity contribution in [2.24, 2.45) is 0 Å². The summed E-state index contributed by atoms with van der Waals surface area (Å²) in [5.41, 5.74) is 5.93. The molecule has 0 bridgehead atoms. The van der Waals surface area contributed by atoms with E-state index in [1.807, 2.05) is 36.4 Å². The summed E-state index contributed by atoms with van der Waals surface area (Å²) in [4.78, 5) is 9.69. The maximum atomic E-state index is 6.51. The second-order valence-corrected chi connectivity index (χ2v) is 9.05. The second kappa shape index (κ2) is 7.92. The monoisotopic (exact) mass is 470 g/mol. The zero-order valence-electron chi connectivity index (χ0n) is 19.8. The fourth-order valence-electron chi connectivity index (χ4n) is 5.10. The summed E-state index contributed by atoms with van der Waals surface area (Å²) in [5.74, 6) is 2.72. The molecule has 0 amide bonds. The van der Waals surface area contributed by atoms with E-state index in [0.29, 0.717) is 11.7 Å². The highest BCUT2D eigenvalue weighted by molar-refractivity contribution is 5.91. The number of methoxy groups -OCH3 is 1. The number of rotatable bonds is 3. The lowest BCUT2D eigenvalue weighted by atomic mass is 9.83. The molecule has 174 valence electrons. The number of hydrogen-bond donors (Lipinski definition) is 0. The minimum Gasteiger partial charge on any atom is -0.497 e. The van der Waals surface area contributed by atoms with Crippen LogP contribution in [-0.4, -0.2) is 26.7 Å². The number of benzene rings is 4. The van der Waals surface area contributed by atoms with Crippen LogP contribution in [0.1, 0.15) is 28.2 Å². The zero-order chi connectivity index (χ0) is 24.2. The van der Waals surface area contributed by atoms with Crippen LogP contribution in [0.2, 0.25) is 0 Å². The Hall–Kier alpha value is -4.71. The van der Waals surface area contributed by atoms with E-state index in [-0.39, 0.29) is 5.92 Å². The number of ether oxygens (including phenoxy) is 2. The maximum absolute atomic E-state index is 6.51. The number of hydrogen-bond acceptors (Lipinski definition) is 5. The molecule has 6 aromatic rings. The number of fused-ring (bicyclic) bond motifs is 6. The molecule has 4 aromatic carbocycles. The molecule has 1 aliphatic heterocycles. The van der Waals surface area contributed by atoms with Crippen LogP contribution in [0.4, 0.5) is 0 Å². The van der Waals surface area contributed by atoms with Gasteiger partial charge in [-0.05, 0) is 36.1 Å². The number of nitrogens with zero attached hydrogens (tertiary/aromatic N) is 4. The lowest BCUT2D eigenvalue weighted by Crippen LogP contribution is -2.15. The van der Waals surface area contributed by atoms with Gasteiger partial charge in [0.2, 0.25) is 5.88 Å². The average Bonchev–Trinajstić information content (AvgIpc) is 3.37. The van der Waals surface area contributed by atoms with Gasteiger partial charge in [-0.25, -0.2) is 14.5 Å². The van der Waals surface area contributed by atoms with E-state index in [4.69, 9.17) is 24.5 Å². The Morgan fingerprint density at radius 3 is 2.61 bits per heavy atom. The van der Waals surface area contributed by atoms with Crippen molar-refractivity contribution in [3.8, 4) is 28.8 Å².